The van der Waals surface area contributed by atoms with Crippen LogP contribution in [0.4, 0.5) is 22.7 Å². The van der Waals surface area contributed by atoms with Gasteiger partial charge in [-0.3, -0.25) is 20.2 Å². The van der Waals surface area contributed by atoms with Crippen LogP contribution in [0, 0.1) is 20.2 Å². The lowest BCUT2D eigenvalue weighted by Crippen LogP contribution is -2.03. The molecule has 0 bridgehead atoms. The Morgan fingerprint density at radius 1 is 1.22 bits per heavy atom. The highest BCUT2D eigenvalue weighted by Gasteiger charge is 2.16. The largest absolute Gasteiger partial charge is 0.504 e. The van der Waals surface area contributed by atoms with E-state index in [0.717, 1.165) is 18.2 Å². The Morgan fingerprint density at radius 2 is 1.85 bits per heavy atom. The van der Waals surface area contributed by atoms with Crippen molar-refractivity contribution < 1.29 is 24.9 Å². The Labute approximate surface area is 157 Å². The topological polar surface area (TPSA) is 182 Å². The lowest BCUT2D eigenvalue weighted by Gasteiger charge is -2.04. The standard InChI is InChI=1S/C9H10N2O4.C6H5ClN2O3/c1-2-10-7-4-3-6(9(12)13)5-8(7)11(14)15;7-4-1-3(9(11)12)2-5(8)6(4)10/h3-5,10H,2H2,1H3,(H,12,13);1-2,10H,8H2. The number of phenols is 1. The number of nitro benzene ring substituents is 2. The van der Waals surface area contributed by atoms with Crippen molar-refractivity contribution in [3.05, 3.63) is 61.1 Å². The predicted octanol–water partition coefficient (Wildman–Crippen LogP) is 3.26. The number of carbonyl (C=O) groups is 1. The normalized spacial score (nSPS) is 9.70. The van der Waals surface area contributed by atoms with Gasteiger partial charge in [-0.1, -0.05) is 11.6 Å². The maximum Gasteiger partial charge on any atom is 0.335 e. The summed E-state index contributed by atoms with van der Waals surface area (Å²) in [5, 5.41) is 41.2. The Balaban J connectivity index is 0.000000277. The molecule has 0 amide bonds. The second-order valence-corrected chi connectivity index (χ2v) is 5.35. The van der Waals surface area contributed by atoms with Crippen LogP contribution < -0.4 is 11.1 Å². The maximum atomic E-state index is 10.6. The monoisotopic (exact) mass is 398 g/mol. The first-order chi connectivity index (χ1) is 12.6. The summed E-state index contributed by atoms with van der Waals surface area (Å²) in [6.45, 7) is 2.34. The number of nitrogens with one attached hydrogen (secondary N) is 1. The zero-order chi connectivity index (χ0) is 20.7. The fraction of sp³-hybridized carbons (Fsp3) is 0.133. The molecule has 2 aromatic carbocycles. The van der Waals surface area contributed by atoms with Crippen molar-refractivity contribution in [3.63, 3.8) is 0 Å². The zero-order valence-electron chi connectivity index (χ0n) is 13.9. The van der Waals surface area contributed by atoms with Gasteiger partial charge in [0.15, 0.2) is 5.75 Å². The molecule has 2 aromatic rings. The van der Waals surface area contributed by atoms with E-state index in [9.17, 15) is 25.0 Å². The molecule has 144 valence electrons. The van der Waals surface area contributed by atoms with Crippen LogP contribution >= 0.6 is 11.6 Å². The molecule has 0 radical (unpaired) electrons. The number of nitrogens with two attached hydrogens (primary N) is 1. The maximum absolute atomic E-state index is 10.6. The molecule has 0 aliphatic carbocycles. The average molecular weight is 399 g/mol. The molecule has 0 fully saturated rings. The van der Waals surface area contributed by atoms with Crippen LogP contribution in [0.2, 0.25) is 5.02 Å². The SMILES string of the molecule is CCNc1ccc(C(=O)O)cc1[N+](=O)[O-].Nc1cc([N+](=O)[O-])cc(Cl)c1O. The third-order valence-corrected chi connectivity index (χ3v) is 3.39. The van der Waals surface area contributed by atoms with Gasteiger partial charge < -0.3 is 21.3 Å². The van der Waals surface area contributed by atoms with Crippen LogP contribution in [-0.4, -0.2) is 32.6 Å². The zero-order valence-corrected chi connectivity index (χ0v) is 14.6. The third-order valence-electron chi connectivity index (χ3n) is 3.10. The summed E-state index contributed by atoms with van der Waals surface area (Å²) in [6.07, 6.45) is 0. The van der Waals surface area contributed by atoms with Crippen molar-refractivity contribution >= 4 is 40.3 Å². The van der Waals surface area contributed by atoms with E-state index in [1.807, 2.05) is 0 Å². The highest BCUT2D eigenvalue weighted by Crippen LogP contribution is 2.33. The van der Waals surface area contributed by atoms with E-state index in [-0.39, 0.29) is 33.4 Å². The molecule has 0 unspecified atom stereocenters. The summed E-state index contributed by atoms with van der Waals surface area (Å²) in [6, 6.07) is 5.84. The van der Waals surface area contributed by atoms with Gasteiger partial charge in [-0.15, -0.1) is 0 Å². The van der Waals surface area contributed by atoms with Gasteiger partial charge in [-0.25, -0.2) is 4.79 Å². The summed E-state index contributed by atoms with van der Waals surface area (Å²) >= 11 is 5.43. The third kappa shape index (κ3) is 5.71. The lowest BCUT2D eigenvalue weighted by molar-refractivity contribution is -0.384. The Bertz CT molecular complexity index is 865. The van der Waals surface area contributed by atoms with Crippen LogP contribution in [0.1, 0.15) is 17.3 Å². The van der Waals surface area contributed by atoms with E-state index < -0.39 is 15.8 Å². The van der Waals surface area contributed by atoms with Gasteiger partial charge in [0.25, 0.3) is 11.4 Å². The fourth-order valence-electron chi connectivity index (χ4n) is 1.87. The van der Waals surface area contributed by atoms with Crippen LogP contribution in [0.3, 0.4) is 0 Å². The van der Waals surface area contributed by atoms with Gasteiger partial charge in [0.2, 0.25) is 0 Å². The van der Waals surface area contributed by atoms with Gasteiger partial charge in [0.05, 0.1) is 26.1 Å². The number of nitrogen functional groups attached to an aromatic ring is 1. The van der Waals surface area contributed by atoms with E-state index in [4.69, 9.17) is 27.5 Å². The minimum absolute atomic E-state index is 0.0941. The summed E-state index contributed by atoms with van der Waals surface area (Å²) in [4.78, 5) is 30.2. The molecule has 0 aliphatic rings. The minimum atomic E-state index is -1.18. The molecule has 0 saturated carbocycles. The number of hydrogen-bond donors (Lipinski definition) is 4. The molecule has 0 atom stereocenters. The quantitative estimate of drug-likeness (QED) is 0.254. The fourth-order valence-corrected chi connectivity index (χ4v) is 2.09. The number of carboxylic acids is 1. The number of hydrogen-bond acceptors (Lipinski definition) is 8. The van der Waals surface area contributed by atoms with E-state index in [1.165, 1.54) is 12.1 Å². The van der Waals surface area contributed by atoms with Crippen molar-refractivity contribution in [3.8, 4) is 5.75 Å². The molecule has 11 nitrogen and oxygen atoms in total. The Hall–Kier alpha value is -3.60. The van der Waals surface area contributed by atoms with Crippen LogP contribution in [-0.2, 0) is 0 Å². The number of nitrogens with zero attached hydrogens (tertiary/aromatic N) is 2. The molecule has 0 aliphatic heterocycles. The van der Waals surface area contributed by atoms with E-state index in [0.29, 0.717) is 12.2 Å². The second kappa shape index (κ2) is 9.20. The van der Waals surface area contributed by atoms with Crippen LogP contribution in [0.5, 0.6) is 5.75 Å². The predicted molar refractivity (Wildman–Crippen MR) is 98.4 cm³/mol. The number of non-ortho nitro benzene ring substituents is 1. The van der Waals surface area contributed by atoms with Crippen molar-refractivity contribution in [2.75, 3.05) is 17.6 Å². The molecule has 2 rings (SSSR count). The number of aromatic hydroxyl groups is 1. The van der Waals surface area contributed by atoms with Crippen molar-refractivity contribution in [2.45, 2.75) is 6.92 Å². The van der Waals surface area contributed by atoms with Crippen molar-refractivity contribution in [2.24, 2.45) is 0 Å². The van der Waals surface area contributed by atoms with E-state index in [2.05, 4.69) is 5.32 Å². The van der Waals surface area contributed by atoms with Gasteiger partial charge >= 0.3 is 5.97 Å². The molecule has 0 aromatic heterocycles. The number of benzene rings is 2. The van der Waals surface area contributed by atoms with E-state index in [1.54, 1.807) is 6.92 Å². The molecule has 0 spiro atoms. The highest BCUT2D eigenvalue weighted by atomic mass is 35.5. The number of rotatable bonds is 5. The number of nitro groups is 2. The number of anilines is 2. The Kier molecular flexibility index (Phi) is 7.30. The van der Waals surface area contributed by atoms with Crippen LogP contribution in [0.25, 0.3) is 0 Å². The molecule has 27 heavy (non-hydrogen) atoms. The molecular weight excluding hydrogens is 384 g/mol. The summed E-state index contributed by atoms with van der Waals surface area (Å²) in [7, 11) is 0. The first-order valence-electron chi connectivity index (χ1n) is 7.26. The first-order valence-corrected chi connectivity index (χ1v) is 7.64. The number of halogens is 1. The van der Waals surface area contributed by atoms with Gasteiger partial charge in [-0.2, -0.15) is 0 Å². The summed E-state index contributed by atoms with van der Waals surface area (Å²) < 4.78 is 0. The minimum Gasteiger partial charge on any atom is -0.504 e. The lowest BCUT2D eigenvalue weighted by atomic mass is 10.1. The van der Waals surface area contributed by atoms with Crippen molar-refractivity contribution in [1.82, 2.24) is 0 Å². The number of aromatic carboxylic acids is 1. The molecule has 0 saturated heterocycles. The van der Waals surface area contributed by atoms with E-state index >= 15 is 0 Å². The van der Waals surface area contributed by atoms with Crippen molar-refractivity contribution in [1.29, 1.82) is 0 Å². The summed E-state index contributed by atoms with van der Waals surface area (Å²) in [5.41, 5.74) is 4.88. The summed E-state index contributed by atoms with van der Waals surface area (Å²) in [5.74, 6) is -1.51. The average Bonchev–Trinajstić information content (AvgIpc) is 2.59. The van der Waals surface area contributed by atoms with Gasteiger partial charge in [0, 0.05) is 24.7 Å². The molecule has 12 heteroatoms. The number of carboxylic acid groups (broad SMARTS) is 1. The molecule has 5 N–H and O–H groups in total. The number of phenolic OH excluding ortho intramolecular Hbond substituents is 1. The van der Waals surface area contributed by atoms with Gasteiger partial charge in [-0.05, 0) is 19.1 Å². The first kappa shape index (κ1) is 21.4. The smallest absolute Gasteiger partial charge is 0.335 e. The van der Waals surface area contributed by atoms with Crippen LogP contribution in [0.15, 0.2) is 30.3 Å². The second-order valence-electron chi connectivity index (χ2n) is 4.95. The molecule has 0 heterocycles. The highest BCUT2D eigenvalue weighted by molar-refractivity contribution is 6.32. The molecular formula is C15H15ClN4O7. The van der Waals surface area contributed by atoms with Gasteiger partial charge in [0.1, 0.15) is 5.69 Å². The Morgan fingerprint density at radius 3 is 2.30 bits per heavy atom.